The van der Waals surface area contributed by atoms with Crippen LogP contribution in [0, 0.1) is 17.2 Å². The molecular weight excluding hydrogens is 567 g/mol. The van der Waals surface area contributed by atoms with E-state index in [0.29, 0.717) is 5.56 Å². The highest BCUT2D eigenvalue weighted by molar-refractivity contribution is 6.08. The van der Waals surface area contributed by atoms with Crippen molar-refractivity contribution in [3.8, 4) is 17.2 Å². The van der Waals surface area contributed by atoms with Crippen LogP contribution in [0.25, 0.3) is 49.0 Å². The molecule has 0 heterocycles. The predicted molar refractivity (Wildman–Crippen MR) is 201 cm³/mol. The smallest absolute Gasteiger partial charge is 0.0991 e. The number of unbranched alkanes of at least 4 members (excludes halogenated alkanes) is 4. The van der Waals surface area contributed by atoms with E-state index in [0.717, 1.165) is 11.5 Å². The van der Waals surface area contributed by atoms with Crippen molar-refractivity contribution in [2.24, 2.45) is 5.92 Å². The minimum absolute atomic E-state index is 0.690. The van der Waals surface area contributed by atoms with E-state index in [9.17, 15) is 0 Å². The van der Waals surface area contributed by atoms with E-state index in [2.05, 4.69) is 116 Å². The van der Waals surface area contributed by atoms with Gasteiger partial charge >= 0.3 is 0 Å². The highest BCUT2D eigenvalue weighted by atomic mass is 14.3. The van der Waals surface area contributed by atoms with Crippen LogP contribution in [0.2, 0.25) is 0 Å². The third kappa shape index (κ3) is 6.52. The number of hydrogen-bond donors (Lipinski definition) is 0. The molecule has 1 nitrogen and oxygen atoms in total. The molecule has 0 spiro atoms. The number of allylic oxidation sites excluding steroid dienone is 4. The zero-order valence-corrected chi connectivity index (χ0v) is 27.5. The Labute approximate surface area is 279 Å². The van der Waals surface area contributed by atoms with Crippen molar-refractivity contribution in [1.82, 2.24) is 0 Å². The Morgan fingerprint density at radius 2 is 1.32 bits per heavy atom. The van der Waals surface area contributed by atoms with Crippen molar-refractivity contribution in [1.29, 1.82) is 5.26 Å². The van der Waals surface area contributed by atoms with Gasteiger partial charge in [0.25, 0.3) is 0 Å². The minimum atomic E-state index is 0.690. The molecule has 0 saturated carbocycles. The third-order valence-corrected chi connectivity index (χ3v) is 10.3. The maximum absolute atomic E-state index is 8.89. The van der Waals surface area contributed by atoms with E-state index in [1.165, 1.54) is 101 Å². The first-order valence-electron chi connectivity index (χ1n) is 17.6. The Bertz CT molecular complexity index is 2140. The molecule has 0 amide bonds. The van der Waals surface area contributed by atoms with Crippen molar-refractivity contribution in [3.63, 3.8) is 0 Å². The normalized spacial score (nSPS) is 15.2. The van der Waals surface area contributed by atoms with Crippen molar-refractivity contribution in [2.45, 2.75) is 64.7 Å². The van der Waals surface area contributed by atoms with Crippen LogP contribution in [0.4, 0.5) is 0 Å². The number of rotatable bonds is 7. The summed E-state index contributed by atoms with van der Waals surface area (Å²) in [5, 5.41) is 16.8. The molecule has 47 heavy (non-hydrogen) atoms. The second-order valence-corrected chi connectivity index (χ2v) is 13.2. The zero-order chi connectivity index (χ0) is 32.0. The Morgan fingerprint density at radius 3 is 2.13 bits per heavy atom. The van der Waals surface area contributed by atoms with Gasteiger partial charge in [-0.25, -0.2) is 0 Å². The van der Waals surface area contributed by atoms with Gasteiger partial charge in [0.15, 0.2) is 0 Å². The Balaban J connectivity index is 0.000000151. The van der Waals surface area contributed by atoms with Gasteiger partial charge in [0, 0.05) is 0 Å². The summed E-state index contributed by atoms with van der Waals surface area (Å²) in [6.45, 7) is 2.30. The summed E-state index contributed by atoms with van der Waals surface area (Å²) >= 11 is 0. The number of nitrogens with zero attached hydrogens (tertiary/aromatic N) is 1. The van der Waals surface area contributed by atoms with Gasteiger partial charge < -0.3 is 0 Å². The molecular formula is C46H43N. The van der Waals surface area contributed by atoms with E-state index < -0.39 is 0 Å². The molecule has 232 valence electrons. The van der Waals surface area contributed by atoms with Crippen LogP contribution in [0.3, 0.4) is 0 Å². The topological polar surface area (TPSA) is 23.8 Å². The molecule has 0 fully saturated rings. The number of aryl methyl sites for hydroxylation is 1. The molecule has 0 aromatic heterocycles. The fraction of sp³-hybridized carbons (Fsp3) is 0.239. The van der Waals surface area contributed by atoms with Crippen LogP contribution in [0.15, 0.2) is 133 Å². The average Bonchev–Trinajstić information content (AvgIpc) is 3.14. The molecule has 0 saturated heterocycles. The first-order chi connectivity index (χ1) is 23.2. The molecule has 2 aliphatic rings. The molecule has 1 unspecified atom stereocenters. The van der Waals surface area contributed by atoms with Gasteiger partial charge in [-0.1, -0.05) is 154 Å². The minimum Gasteiger partial charge on any atom is -0.192 e. The van der Waals surface area contributed by atoms with E-state index in [4.69, 9.17) is 5.26 Å². The summed E-state index contributed by atoms with van der Waals surface area (Å²) in [6.07, 6.45) is 16.9. The molecule has 6 aromatic carbocycles. The molecule has 2 aliphatic carbocycles. The van der Waals surface area contributed by atoms with Crippen molar-refractivity contribution in [2.75, 3.05) is 0 Å². The molecule has 0 bridgehead atoms. The van der Waals surface area contributed by atoms with Crippen LogP contribution in [-0.2, 0) is 6.42 Å². The van der Waals surface area contributed by atoms with Crippen molar-refractivity contribution < 1.29 is 0 Å². The molecule has 6 aromatic rings. The highest BCUT2D eigenvalue weighted by Gasteiger charge is 2.26. The average molecular weight is 610 g/mol. The summed E-state index contributed by atoms with van der Waals surface area (Å²) < 4.78 is 0. The maximum atomic E-state index is 8.89. The molecule has 0 radical (unpaired) electrons. The Hall–Kier alpha value is -4.93. The van der Waals surface area contributed by atoms with Gasteiger partial charge in [-0.2, -0.15) is 5.26 Å². The predicted octanol–water partition coefficient (Wildman–Crippen LogP) is 13.0. The summed E-state index contributed by atoms with van der Waals surface area (Å²) in [5.41, 5.74) is 9.38. The monoisotopic (exact) mass is 609 g/mol. The van der Waals surface area contributed by atoms with Gasteiger partial charge in [-0.15, -0.1) is 0 Å². The lowest BCUT2D eigenvalue weighted by Crippen LogP contribution is -2.15. The second kappa shape index (κ2) is 14.2. The van der Waals surface area contributed by atoms with Gasteiger partial charge in [0.2, 0.25) is 0 Å². The van der Waals surface area contributed by atoms with E-state index in [-0.39, 0.29) is 0 Å². The van der Waals surface area contributed by atoms with Gasteiger partial charge in [-0.05, 0) is 110 Å². The van der Waals surface area contributed by atoms with E-state index >= 15 is 0 Å². The lowest BCUT2D eigenvalue weighted by Gasteiger charge is -2.31. The third-order valence-electron chi connectivity index (χ3n) is 10.3. The summed E-state index contributed by atoms with van der Waals surface area (Å²) in [7, 11) is 0. The Morgan fingerprint density at radius 1 is 0.638 bits per heavy atom. The van der Waals surface area contributed by atoms with Crippen molar-refractivity contribution in [3.05, 3.63) is 150 Å². The lowest BCUT2D eigenvalue weighted by molar-refractivity contribution is 0.493. The second-order valence-electron chi connectivity index (χ2n) is 13.2. The molecule has 0 aliphatic heterocycles. The van der Waals surface area contributed by atoms with Crippen molar-refractivity contribution >= 4 is 37.9 Å². The SMILES string of the molecule is CCCCCCCC1CC=CC2=C1CCc1c2ccc2ccccc12.N#Cc1ccc(-c2ccc3c(ccc4ccccc43)c2)cc1. The highest BCUT2D eigenvalue weighted by Crippen LogP contribution is 2.43. The fourth-order valence-electron chi connectivity index (χ4n) is 7.75. The summed E-state index contributed by atoms with van der Waals surface area (Å²) in [5.74, 6) is 0.793. The Kier molecular flexibility index (Phi) is 9.30. The van der Waals surface area contributed by atoms with Crippen LogP contribution in [0.1, 0.15) is 75.0 Å². The summed E-state index contributed by atoms with van der Waals surface area (Å²) in [4.78, 5) is 0. The molecule has 0 N–H and O–H groups in total. The van der Waals surface area contributed by atoms with Crippen LogP contribution >= 0.6 is 0 Å². The number of benzene rings is 6. The van der Waals surface area contributed by atoms with E-state index in [1.54, 1.807) is 16.7 Å². The summed E-state index contributed by atoms with van der Waals surface area (Å²) in [6, 6.07) is 42.8. The number of fused-ring (bicyclic) bond motifs is 7. The van der Waals surface area contributed by atoms with Crippen LogP contribution < -0.4 is 0 Å². The van der Waals surface area contributed by atoms with Crippen LogP contribution in [-0.4, -0.2) is 0 Å². The van der Waals surface area contributed by atoms with Gasteiger partial charge in [0.1, 0.15) is 0 Å². The maximum Gasteiger partial charge on any atom is 0.0991 e. The van der Waals surface area contributed by atoms with E-state index in [1.807, 2.05) is 24.3 Å². The fourth-order valence-corrected chi connectivity index (χ4v) is 7.75. The molecule has 1 heteroatoms. The van der Waals surface area contributed by atoms with Gasteiger partial charge in [0.05, 0.1) is 11.6 Å². The molecule has 1 atom stereocenters. The lowest BCUT2D eigenvalue weighted by atomic mass is 9.74. The standard InChI is InChI=1S/C25H30.C21H13N/c1-2-3-4-5-6-10-19-12-9-14-23-22(19)17-18-24-21-13-8-7-11-20(21)15-16-25(23)24;22-14-15-5-7-16(8-6-15)18-11-12-21-19(13-18)10-9-17-3-1-2-4-20(17)21/h7-9,11,13-16,19H,2-6,10,12,17-18H2,1H3;1-13H. The molecule has 8 rings (SSSR count). The number of hydrogen-bond acceptors (Lipinski definition) is 1. The number of nitriles is 1. The van der Waals surface area contributed by atoms with Gasteiger partial charge in [-0.3, -0.25) is 0 Å². The van der Waals surface area contributed by atoms with Crippen LogP contribution in [0.5, 0.6) is 0 Å². The largest absolute Gasteiger partial charge is 0.192 e. The quantitative estimate of drug-likeness (QED) is 0.130. The zero-order valence-electron chi connectivity index (χ0n) is 27.5. The first kappa shape index (κ1) is 30.7. The first-order valence-corrected chi connectivity index (χ1v) is 17.6.